The first-order valence-corrected chi connectivity index (χ1v) is 9.41. The third kappa shape index (κ3) is 5.01. The minimum atomic E-state index is -0.156. The first-order valence-electron chi connectivity index (χ1n) is 9.41. The van der Waals surface area contributed by atoms with Gasteiger partial charge in [0.05, 0.1) is 6.54 Å². The van der Waals surface area contributed by atoms with Crippen molar-refractivity contribution in [1.82, 2.24) is 20.9 Å². The first-order chi connectivity index (χ1) is 13.7. The summed E-state index contributed by atoms with van der Waals surface area (Å²) in [6.07, 6.45) is 5.51. The fraction of sp³-hybridized carbons (Fsp3) is 0.333. The van der Waals surface area contributed by atoms with E-state index in [1.54, 1.807) is 12.3 Å². The summed E-state index contributed by atoms with van der Waals surface area (Å²) in [6.45, 7) is 6.62. The predicted octanol–water partition coefficient (Wildman–Crippen LogP) is 1.37. The average Bonchev–Trinajstić information content (AvgIpc) is 3.13. The van der Waals surface area contributed by atoms with E-state index in [1.807, 2.05) is 24.4 Å². The molecule has 3 rings (SSSR count). The Morgan fingerprint density at radius 1 is 1.21 bits per heavy atom. The molecule has 0 aliphatic carbocycles. The minimum absolute atomic E-state index is 0.113. The van der Waals surface area contributed by atoms with Crippen molar-refractivity contribution in [3.8, 4) is 22.6 Å². The van der Waals surface area contributed by atoms with Crippen LogP contribution in [0.3, 0.4) is 0 Å². The van der Waals surface area contributed by atoms with Crippen molar-refractivity contribution < 1.29 is 14.6 Å². The average molecular weight is 382 g/mol. The van der Waals surface area contributed by atoms with Gasteiger partial charge in [-0.2, -0.15) is 0 Å². The number of nitrogens with zero attached hydrogens (tertiary/aromatic N) is 1. The summed E-state index contributed by atoms with van der Waals surface area (Å²) in [5.74, 6) is 0.616. The zero-order chi connectivity index (χ0) is 19.8. The lowest BCUT2D eigenvalue weighted by atomic mass is 10.0. The number of benzene rings is 1. The molecule has 0 radical (unpaired) electrons. The largest absolute Gasteiger partial charge is 0.504 e. The van der Waals surface area contributed by atoms with Crippen LogP contribution in [0.1, 0.15) is 11.3 Å². The van der Waals surface area contributed by atoms with Gasteiger partial charge in [0.1, 0.15) is 6.10 Å². The number of rotatable bonds is 11. The van der Waals surface area contributed by atoms with Crippen LogP contribution in [-0.4, -0.2) is 48.8 Å². The van der Waals surface area contributed by atoms with Crippen LogP contribution in [0, 0.1) is 0 Å². The number of fused-ring (bicyclic) bond motifs is 1. The molecule has 1 aliphatic rings. The second kappa shape index (κ2) is 9.75. The Balaban J connectivity index is 1.59. The fourth-order valence-corrected chi connectivity index (χ4v) is 3.22. The molecule has 1 atom stereocenters. The number of amides is 1. The third-order valence-electron chi connectivity index (χ3n) is 4.61. The zero-order valence-corrected chi connectivity index (χ0v) is 15.8. The number of phenols is 1. The molecule has 1 aromatic carbocycles. The molecule has 1 amide bonds. The van der Waals surface area contributed by atoms with Crippen LogP contribution in [0.5, 0.6) is 11.5 Å². The summed E-state index contributed by atoms with van der Waals surface area (Å²) in [7, 11) is 0. The van der Waals surface area contributed by atoms with E-state index in [1.165, 1.54) is 0 Å². The predicted molar refractivity (Wildman–Crippen MR) is 108 cm³/mol. The van der Waals surface area contributed by atoms with E-state index in [9.17, 15) is 9.90 Å². The first kappa shape index (κ1) is 19.7. The Hall–Kier alpha value is -3.06. The van der Waals surface area contributed by atoms with Crippen LogP contribution < -0.4 is 20.7 Å². The van der Waals surface area contributed by atoms with Crippen molar-refractivity contribution in [1.29, 1.82) is 0 Å². The van der Waals surface area contributed by atoms with Crippen LogP contribution in [-0.2, 0) is 17.6 Å². The molecule has 28 heavy (non-hydrogen) atoms. The van der Waals surface area contributed by atoms with Gasteiger partial charge in [-0.3, -0.25) is 9.78 Å². The van der Waals surface area contributed by atoms with Gasteiger partial charge in [-0.05, 0) is 30.0 Å². The molecule has 7 nitrogen and oxygen atoms in total. The van der Waals surface area contributed by atoms with E-state index in [4.69, 9.17) is 4.74 Å². The Kier molecular flexibility index (Phi) is 6.86. The number of phenolic OH excluding ortho intramolecular Hbond substituents is 1. The quantitative estimate of drug-likeness (QED) is 0.346. The maximum atomic E-state index is 10.5. The van der Waals surface area contributed by atoms with E-state index in [0.29, 0.717) is 25.1 Å². The van der Waals surface area contributed by atoms with Crippen molar-refractivity contribution in [2.45, 2.75) is 18.9 Å². The Labute approximate surface area is 164 Å². The van der Waals surface area contributed by atoms with Gasteiger partial charge in [0, 0.05) is 55.5 Å². The summed E-state index contributed by atoms with van der Waals surface area (Å²) < 4.78 is 5.73. The molecule has 148 valence electrons. The molecule has 7 heteroatoms. The van der Waals surface area contributed by atoms with Crippen molar-refractivity contribution in [3.05, 3.63) is 54.5 Å². The van der Waals surface area contributed by atoms with E-state index in [-0.39, 0.29) is 11.9 Å². The number of carbonyl (C=O) groups is 1. The zero-order valence-electron chi connectivity index (χ0n) is 15.8. The van der Waals surface area contributed by atoms with Gasteiger partial charge in [-0.25, -0.2) is 0 Å². The third-order valence-corrected chi connectivity index (χ3v) is 4.61. The topological polar surface area (TPSA) is 95.5 Å². The second-order valence-corrected chi connectivity index (χ2v) is 6.65. The summed E-state index contributed by atoms with van der Waals surface area (Å²) >= 11 is 0. The van der Waals surface area contributed by atoms with Crippen molar-refractivity contribution in [2.75, 3.05) is 26.2 Å². The molecule has 0 spiro atoms. The SMILES string of the molecule is C=CNCCNCCc1ccc(-c2cc(O)c3c(c2)CC(CNC=O)O3)cn1. The van der Waals surface area contributed by atoms with Gasteiger partial charge >= 0.3 is 0 Å². The van der Waals surface area contributed by atoms with Crippen LogP contribution in [0.25, 0.3) is 11.1 Å². The number of aromatic hydroxyl groups is 1. The number of carbonyl (C=O) groups excluding carboxylic acids is 1. The van der Waals surface area contributed by atoms with Gasteiger partial charge in [0.25, 0.3) is 0 Å². The van der Waals surface area contributed by atoms with Gasteiger partial charge in [0.2, 0.25) is 6.41 Å². The van der Waals surface area contributed by atoms with Crippen LogP contribution in [0.15, 0.2) is 43.2 Å². The Morgan fingerprint density at radius 2 is 2.11 bits per heavy atom. The molecule has 4 N–H and O–H groups in total. The highest BCUT2D eigenvalue weighted by Gasteiger charge is 2.26. The van der Waals surface area contributed by atoms with Crippen molar-refractivity contribution in [2.24, 2.45) is 0 Å². The van der Waals surface area contributed by atoms with Gasteiger partial charge in [0.15, 0.2) is 11.5 Å². The van der Waals surface area contributed by atoms with Crippen LogP contribution >= 0.6 is 0 Å². The second-order valence-electron chi connectivity index (χ2n) is 6.65. The maximum Gasteiger partial charge on any atom is 0.207 e. The van der Waals surface area contributed by atoms with E-state index in [2.05, 4.69) is 27.5 Å². The molecule has 0 fully saturated rings. The smallest absolute Gasteiger partial charge is 0.207 e. The Morgan fingerprint density at radius 3 is 2.86 bits per heavy atom. The highest BCUT2D eigenvalue weighted by atomic mass is 16.5. The van der Waals surface area contributed by atoms with Gasteiger partial charge in [-0.15, -0.1) is 0 Å². The normalized spacial score (nSPS) is 14.8. The molecule has 2 heterocycles. The number of pyridine rings is 1. The summed E-state index contributed by atoms with van der Waals surface area (Å²) in [5.41, 5.74) is 3.80. The van der Waals surface area contributed by atoms with E-state index in [0.717, 1.165) is 48.4 Å². The number of aromatic nitrogens is 1. The molecule has 0 saturated heterocycles. The number of nitrogens with one attached hydrogen (secondary N) is 3. The summed E-state index contributed by atoms with van der Waals surface area (Å²) in [6, 6.07) is 7.74. The maximum absolute atomic E-state index is 10.5. The van der Waals surface area contributed by atoms with Crippen LogP contribution in [0.2, 0.25) is 0 Å². The fourth-order valence-electron chi connectivity index (χ4n) is 3.22. The number of hydrogen-bond acceptors (Lipinski definition) is 6. The highest BCUT2D eigenvalue weighted by molar-refractivity contribution is 5.69. The highest BCUT2D eigenvalue weighted by Crippen LogP contribution is 2.40. The van der Waals surface area contributed by atoms with Crippen molar-refractivity contribution in [3.63, 3.8) is 0 Å². The van der Waals surface area contributed by atoms with Gasteiger partial charge in [-0.1, -0.05) is 12.6 Å². The van der Waals surface area contributed by atoms with Crippen LogP contribution in [0.4, 0.5) is 0 Å². The molecule has 2 aromatic rings. The van der Waals surface area contributed by atoms with Gasteiger partial charge < -0.3 is 25.8 Å². The summed E-state index contributed by atoms with van der Waals surface area (Å²) in [4.78, 5) is 15.0. The monoisotopic (exact) mass is 382 g/mol. The molecular formula is C21H26N4O3. The minimum Gasteiger partial charge on any atom is -0.504 e. The number of ether oxygens (including phenoxy) is 1. The van der Waals surface area contributed by atoms with Crippen molar-refractivity contribution >= 4 is 6.41 Å². The number of hydrogen-bond donors (Lipinski definition) is 4. The lowest BCUT2D eigenvalue weighted by molar-refractivity contribution is -0.109. The standard InChI is InChI=1S/C21H26N4O3/c1-2-22-7-8-23-6-5-18-4-3-15(12-25-18)16-9-17-10-19(13-24-14-26)28-21(17)20(27)11-16/h2-4,9,11-12,14,19,22-23,27H,1,5-8,10,13H2,(H,24,26). The molecule has 1 aliphatic heterocycles. The van der Waals surface area contributed by atoms with E-state index < -0.39 is 0 Å². The molecule has 1 aromatic heterocycles. The molecule has 0 bridgehead atoms. The lowest BCUT2D eigenvalue weighted by Gasteiger charge is -2.10. The Bertz CT molecular complexity index is 808. The summed E-state index contributed by atoms with van der Waals surface area (Å²) in [5, 5.41) is 19.3. The molecular weight excluding hydrogens is 356 g/mol. The lowest BCUT2D eigenvalue weighted by Crippen LogP contribution is -2.28. The van der Waals surface area contributed by atoms with E-state index >= 15 is 0 Å². The molecule has 1 unspecified atom stereocenters. The molecule has 0 saturated carbocycles.